The fraction of sp³-hybridized carbons (Fsp3) is 0.476. The summed E-state index contributed by atoms with van der Waals surface area (Å²) in [5.74, 6) is 0.499. The molecule has 1 aliphatic rings. The molecule has 124 valence electrons. The largest absolute Gasteiger partial charge is 0.466 e. The topological polar surface area (TPSA) is 26.3 Å². The van der Waals surface area contributed by atoms with E-state index in [1.165, 1.54) is 23.1 Å². The molecule has 1 aliphatic carbocycles. The van der Waals surface area contributed by atoms with Gasteiger partial charge < -0.3 is 4.74 Å². The van der Waals surface area contributed by atoms with Gasteiger partial charge in [-0.1, -0.05) is 61.9 Å². The number of carbonyl (C=O) groups is 1. The van der Waals surface area contributed by atoms with E-state index < -0.39 is 0 Å². The van der Waals surface area contributed by atoms with Gasteiger partial charge in [0.2, 0.25) is 0 Å². The Hall–Kier alpha value is -1.83. The van der Waals surface area contributed by atoms with Gasteiger partial charge in [0.15, 0.2) is 0 Å². The van der Waals surface area contributed by atoms with Crippen molar-refractivity contribution in [1.29, 1.82) is 0 Å². The van der Waals surface area contributed by atoms with Gasteiger partial charge in [-0.3, -0.25) is 4.79 Å². The number of esters is 1. The molecular formula is C21H28O2. The summed E-state index contributed by atoms with van der Waals surface area (Å²) in [6.07, 6.45) is 10.1. The van der Waals surface area contributed by atoms with E-state index in [4.69, 9.17) is 4.74 Å². The van der Waals surface area contributed by atoms with Crippen LogP contribution < -0.4 is 0 Å². The zero-order valence-corrected chi connectivity index (χ0v) is 14.4. The Morgan fingerprint density at radius 3 is 2.74 bits per heavy atom. The molecule has 23 heavy (non-hydrogen) atoms. The Labute approximate surface area is 140 Å². The van der Waals surface area contributed by atoms with Gasteiger partial charge >= 0.3 is 5.97 Å². The third kappa shape index (κ3) is 6.43. The summed E-state index contributed by atoms with van der Waals surface area (Å²) < 4.78 is 5.25. The van der Waals surface area contributed by atoms with E-state index in [-0.39, 0.29) is 5.97 Å². The van der Waals surface area contributed by atoms with E-state index in [0.29, 0.717) is 18.9 Å². The van der Waals surface area contributed by atoms with Crippen LogP contribution in [0.25, 0.3) is 5.57 Å². The van der Waals surface area contributed by atoms with Gasteiger partial charge in [-0.25, -0.2) is 0 Å². The first-order chi connectivity index (χ1) is 11.1. The highest BCUT2D eigenvalue weighted by Crippen LogP contribution is 2.29. The molecule has 0 N–H and O–H groups in total. The Kier molecular flexibility index (Phi) is 7.12. The molecule has 0 unspecified atom stereocenters. The average Bonchev–Trinajstić information content (AvgIpc) is 2.56. The summed E-state index contributed by atoms with van der Waals surface area (Å²) in [7, 11) is 0. The molecule has 2 nitrogen and oxygen atoms in total. The third-order valence-electron chi connectivity index (χ3n) is 4.13. The lowest BCUT2D eigenvalue weighted by molar-refractivity contribution is -0.143. The van der Waals surface area contributed by atoms with Gasteiger partial charge in [-0.15, -0.1) is 0 Å². The highest BCUT2D eigenvalue weighted by atomic mass is 16.5. The van der Waals surface area contributed by atoms with E-state index in [1.807, 2.05) is 0 Å². The van der Waals surface area contributed by atoms with Crippen molar-refractivity contribution in [1.82, 2.24) is 0 Å². The zero-order valence-electron chi connectivity index (χ0n) is 14.4. The van der Waals surface area contributed by atoms with Crippen molar-refractivity contribution in [2.24, 2.45) is 5.92 Å². The van der Waals surface area contributed by atoms with Gasteiger partial charge in [-0.2, -0.15) is 0 Å². The molecule has 0 heterocycles. The Morgan fingerprint density at radius 2 is 2.00 bits per heavy atom. The summed E-state index contributed by atoms with van der Waals surface area (Å²) in [4.78, 5) is 11.7. The summed E-state index contributed by atoms with van der Waals surface area (Å²) in [5.41, 5.74) is 4.07. The monoisotopic (exact) mass is 312 g/mol. The van der Waals surface area contributed by atoms with Gasteiger partial charge in [0.25, 0.3) is 0 Å². The zero-order chi connectivity index (χ0) is 16.5. The summed E-state index contributed by atoms with van der Waals surface area (Å²) in [6.45, 7) is 4.82. The number of hydrogen-bond donors (Lipinski definition) is 0. The highest BCUT2D eigenvalue weighted by Gasteiger charge is 2.09. The Balaban J connectivity index is 1.82. The molecule has 0 spiro atoms. The normalized spacial score (nSPS) is 16.5. The molecule has 0 aromatic heterocycles. The molecule has 1 aromatic carbocycles. The number of ether oxygens (including phenoxy) is 1. The maximum Gasteiger partial charge on any atom is 0.306 e. The van der Waals surface area contributed by atoms with Crippen molar-refractivity contribution < 1.29 is 9.53 Å². The number of carbonyl (C=O) groups excluding carboxylic acids is 1. The lowest BCUT2D eigenvalue weighted by Gasteiger charge is -2.15. The molecule has 0 fully saturated rings. The first kappa shape index (κ1) is 17.5. The second-order valence-electron chi connectivity index (χ2n) is 6.61. The lowest BCUT2D eigenvalue weighted by atomic mass is 9.90. The molecule has 1 aromatic rings. The van der Waals surface area contributed by atoms with E-state index in [1.54, 1.807) is 0 Å². The first-order valence-corrected chi connectivity index (χ1v) is 8.76. The van der Waals surface area contributed by atoms with Crippen molar-refractivity contribution in [2.45, 2.75) is 52.4 Å². The van der Waals surface area contributed by atoms with Crippen molar-refractivity contribution in [2.75, 3.05) is 6.61 Å². The van der Waals surface area contributed by atoms with E-state index >= 15 is 0 Å². The van der Waals surface area contributed by atoms with Gasteiger partial charge in [0.05, 0.1) is 6.61 Å². The van der Waals surface area contributed by atoms with Crippen LogP contribution in [-0.2, 0) is 9.53 Å². The molecular weight excluding hydrogens is 284 g/mol. The minimum atomic E-state index is -0.0782. The van der Waals surface area contributed by atoms with Crippen LogP contribution in [0.2, 0.25) is 0 Å². The first-order valence-electron chi connectivity index (χ1n) is 8.76. The quantitative estimate of drug-likeness (QED) is 0.617. The maximum atomic E-state index is 11.7. The van der Waals surface area contributed by atoms with Crippen LogP contribution in [0.3, 0.4) is 0 Å². The van der Waals surface area contributed by atoms with Gasteiger partial charge in [0, 0.05) is 6.42 Å². The van der Waals surface area contributed by atoms with Gasteiger partial charge in [-0.05, 0) is 49.2 Å². The van der Waals surface area contributed by atoms with Crippen LogP contribution in [0.5, 0.6) is 0 Å². The molecule has 0 aliphatic heterocycles. The SMILES string of the molecule is CC(C)CCOC(=O)CC/C=C1/C=C(c2ccccc2)CCC1. The fourth-order valence-electron chi connectivity index (χ4n) is 2.75. The number of hydrogen-bond acceptors (Lipinski definition) is 2. The van der Waals surface area contributed by atoms with Crippen molar-refractivity contribution >= 4 is 11.5 Å². The lowest BCUT2D eigenvalue weighted by Crippen LogP contribution is -2.07. The maximum absolute atomic E-state index is 11.7. The van der Waals surface area contributed by atoms with Crippen molar-refractivity contribution in [3.05, 3.63) is 53.6 Å². The molecule has 0 atom stereocenters. The second kappa shape index (κ2) is 9.34. The predicted molar refractivity (Wildman–Crippen MR) is 96.0 cm³/mol. The third-order valence-corrected chi connectivity index (χ3v) is 4.13. The fourth-order valence-corrected chi connectivity index (χ4v) is 2.75. The predicted octanol–water partition coefficient (Wildman–Crippen LogP) is 5.55. The van der Waals surface area contributed by atoms with Crippen molar-refractivity contribution in [3.63, 3.8) is 0 Å². The van der Waals surface area contributed by atoms with Crippen LogP contribution in [-0.4, -0.2) is 12.6 Å². The van der Waals surface area contributed by atoms with Crippen LogP contribution >= 0.6 is 0 Å². The molecule has 2 rings (SSSR count). The van der Waals surface area contributed by atoms with Crippen LogP contribution in [0.4, 0.5) is 0 Å². The molecule has 0 radical (unpaired) electrons. The second-order valence-corrected chi connectivity index (χ2v) is 6.61. The number of benzene rings is 1. The molecule has 0 saturated carbocycles. The Morgan fingerprint density at radius 1 is 1.22 bits per heavy atom. The number of allylic oxidation sites excluding steroid dienone is 4. The van der Waals surface area contributed by atoms with E-state index in [9.17, 15) is 4.79 Å². The van der Waals surface area contributed by atoms with E-state index in [2.05, 4.69) is 56.3 Å². The minimum Gasteiger partial charge on any atom is -0.466 e. The summed E-state index contributed by atoms with van der Waals surface area (Å²) >= 11 is 0. The highest BCUT2D eigenvalue weighted by molar-refractivity contribution is 5.70. The van der Waals surface area contributed by atoms with Gasteiger partial charge in [0.1, 0.15) is 0 Å². The average molecular weight is 312 g/mol. The Bertz CT molecular complexity index is 552. The molecule has 0 amide bonds. The molecule has 0 saturated heterocycles. The summed E-state index contributed by atoms with van der Waals surface area (Å²) in [5, 5.41) is 0. The smallest absolute Gasteiger partial charge is 0.306 e. The van der Waals surface area contributed by atoms with Crippen LogP contribution in [0.1, 0.15) is 57.9 Å². The van der Waals surface area contributed by atoms with Crippen molar-refractivity contribution in [3.8, 4) is 0 Å². The van der Waals surface area contributed by atoms with Crippen LogP contribution in [0.15, 0.2) is 48.1 Å². The number of rotatable bonds is 7. The van der Waals surface area contributed by atoms with Crippen LogP contribution in [0, 0.1) is 5.92 Å². The summed E-state index contributed by atoms with van der Waals surface area (Å²) in [6, 6.07) is 10.6. The molecule has 2 heteroatoms. The molecule has 0 bridgehead atoms. The van der Waals surface area contributed by atoms with E-state index in [0.717, 1.165) is 25.7 Å². The minimum absolute atomic E-state index is 0.0782. The standard InChI is InChI=1S/C21H28O2/c1-17(2)14-15-23-21(22)13-7-9-18-8-6-12-20(16-18)19-10-4-3-5-11-19/h3-5,9-11,16-17H,6-8,12-15H2,1-2H3/b18-9+.